The summed E-state index contributed by atoms with van der Waals surface area (Å²) in [6.45, 7) is 4.10. The van der Waals surface area contributed by atoms with E-state index < -0.39 is 0 Å². The highest BCUT2D eigenvalue weighted by Crippen LogP contribution is 2.33. The van der Waals surface area contributed by atoms with Gasteiger partial charge in [-0.05, 0) is 67.4 Å². The number of fused-ring (bicyclic) bond motifs is 1. The lowest BCUT2D eigenvalue weighted by Crippen LogP contribution is -2.14. The molecule has 1 N–H and O–H groups in total. The Bertz CT molecular complexity index is 1070. The van der Waals surface area contributed by atoms with Gasteiger partial charge in [0.05, 0.1) is 11.4 Å². The molecule has 5 heteroatoms. The zero-order valence-electron chi connectivity index (χ0n) is 15.6. The van der Waals surface area contributed by atoms with Crippen molar-refractivity contribution in [2.45, 2.75) is 20.3 Å². The van der Waals surface area contributed by atoms with Crippen LogP contribution < -0.4 is 10.1 Å². The van der Waals surface area contributed by atoms with E-state index in [1.54, 1.807) is 0 Å². The van der Waals surface area contributed by atoms with Crippen LogP contribution in [0.4, 0.5) is 11.4 Å². The van der Waals surface area contributed by atoms with Gasteiger partial charge in [0.15, 0.2) is 0 Å². The van der Waals surface area contributed by atoms with Crippen molar-refractivity contribution in [3.8, 4) is 11.5 Å². The van der Waals surface area contributed by atoms with Crippen molar-refractivity contribution in [3.63, 3.8) is 0 Å². The molecule has 0 aromatic heterocycles. The lowest BCUT2D eigenvalue weighted by atomic mass is 10.0. The Labute approximate surface area is 172 Å². The summed E-state index contributed by atoms with van der Waals surface area (Å²) in [5.41, 5.74) is 5.09. The summed E-state index contributed by atoms with van der Waals surface area (Å²) in [4.78, 5) is 17.1. The summed E-state index contributed by atoms with van der Waals surface area (Å²) in [6, 6.07) is 19.2. The third kappa shape index (κ3) is 3.71. The molecular formula is C23H19BrN2O2. The number of nitrogens with zero attached hydrogens (tertiary/aromatic N) is 1. The average Bonchev–Trinajstić information content (AvgIpc) is 3.00. The Hall–Kier alpha value is -2.92. The van der Waals surface area contributed by atoms with Gasteiger partial charge in [-0.1, -0.05) is 40.5 Å². The fraction of sp³-hybridized carbons (Fsp3) is 0.130. The van der Waals surface area contributed by atoms with E-state index >= 15 is 0 Å². The topological polar surface area (TPSA) is 50.7 Å². The number of aryl methyl sites for hydroxylation is 2. The number of nitrogens with one attached hydrogen (secondary N) is 1. The van der Waals surface area contributed by atoms with Crippen molar-refractivity contribution in [1.29, 1.82) is 0 Å². The Morgan fingerprint density at radius 2 is 1.64 bits per heavy atom. The molecule has 0 bridgehead atoms. The van der Waals surface area contributed by atoms with Crippen LogP contribution in [-0.4, -0.2) is 11.6 Å². The minimum Gasteiger partial charge on any atom is -0.457 e. The molecule has 28 heavy (non-hydrogen) atoms. The number of halogens is 1. The van der Waals surface area contributed by atoms with Crippen LogP contribution in [0.25, 0.3) is 0 Å². The fourth-order valence-electron chi connectivity index (χ4n) is 3.14. The van der Waals surface area contributed by atoms with E-state index in [-0.39, 0.29) is 5.91 Å². The number of ether oxygens (including phenoxy) is 1. The van der Waals surface area contributed by atoms with E-state index in [1.165, 1.54) is 5.56 Å². The molecule has 1 aliphatic rings. The molecule has 1 heterocycles. The van der Waals surface area contributed by atoms with Crippen LogP contribution in [0.5, 0.6) is 11.5 Å². The number of hydrogen-bond acceptors (Lipinski definition) is 3. The third-order valence-electron chi connectivity index (χ3n) is 4.61. The van der Waals surface area contributed by atoms with Gasteiger partial charge in [-0.15, -0.1) is 0 Å². The number of rotatable bonds is 4. The third-order valence-corrected chi connectivity index (χ3v) is 5.07. The maximum Gasteiger partial charge on any atom is 0.275 e. The van der Waals surface area contributed by atoms with Crippen LogP contribution in [0, 0.1) is 6.92 Å². The van der Waals surface area contributed by atoms with E-state index in [0.717, 1.165) is 39.2 Å². The summed E-state index contributed by atoms with van der Waals surface area (Å²) in [5, 5.41) is 2.95. The zero-order valence-corrected chi connectivity index (χ0v) is 17.2. The second-order valence-electron chi connectivity index (χ2n) is 6.66. The number of carbonyl (C=O) groups is 1. The highest BCUT2D eigenvalue weighted by Gasteiger charge is 2.28. The SMILES string of the molecule is CCc1cc(Br)cc2c1NC(=O)C2=Nc1ccc(Oc2ccc(C)cc2)cc1. The molecule has 0 spiro atoms. The predicted octanol–water partition coefficient (Wildman–Crippen LogP) is 6.19. The molecule has 0 unspecified atom stereocenters. The van der Waals surface area contributed by atoms with Crippen molar-refractivity contribution in [2.24, 2.45) is 4.99 Å². The molecular weight excluding hydrogens is 416 g/mol. The Morgan fingerprint density at radius 3 is 2.29 bits per heavy atom. The van der Waals surface area contributed by atoms with E-state index in [0.29, 0.717) is 11.4 Å². The molecule has 0 atom stereocenters. The van der Waals surface area contributed by atoms with Crippen LogP contribution in [0.3, 0.4) is 0 Å². The molecule has 140 valence electrons. The molecule has 0 aliphatic carbocycles. The summed E-state index contributed by atoms with van der Waals surface area (Å²) in [7, 11) is 0. The first-order valence-electron chi connectivity index (χ1n) is 9.11. The minimum absolute atomic E-state index is 0.178. The van der Waals surface area contributed by atoms with Crippen molar-refractivity contribution < 1.29 is 9.53 Å². The summed E-state index contributed by atoms with van der Waals surface area (Å²) in [6.07, 6.45) is 0.834. The maximum absolute atomic E-state index is 12.5. The molecule has 0 radical (unpaired) electrons. The van der Waals surface area contributed by atoms with Crippen molar-refractivity contribution in [3.05, 3.63) is 81.8 Å². The molecule has 0 saturated carbocycles. The largest absolute Gasteiger partial charge is 0.457 e. The minimum atomic E-state index is -0.178. The standard InChI is InChI=1S/C23H19BrN2O2/c1-3-15-12-16(24)13-20-21(15)26-23(27)22(20)25-17-6-10-19(11-7-17)28-18-8-4-14(2)5-9-18/h4-13H,3H2,1-2H3,(H,25,26,27). The van der Waals surface area contributed by atoms with Crippen LogP contribution >= 0.6 is 15.9 Å². The average molecular weight is 435 g/mol. The number of hydrogen-bond donors (Lipinski definition) is 1. The second-order valence-corrected chi connectivity index (χ2v) is 7.58. The van der Waals surface area contributed by atoms with Gasteiger partial charge in [0.2, 0.25) is 0 Å². The van der Waals surface area contributed by atoms with Crippen LogP contribution in [-0.2, 0) is 11.2 Å². The predicted molar refractivity (Wildman–Crippen MR) is 116 cm³/mol. The maximum atomic E-state index is 12.5. The van der Waals surface area contributed by atoms with Crippen LogP contribution in [0.1, 0.15) is 23.6 Å². The van der Waals surface area contributed by atoms with Gasteiger partial charge in [-0.3, -0.25) is 4.79 Å². The van der Waals surface area contributed by atoms with E-state index in [1.807, 2.05) is 67.6 Å². The Balaban J connectivity index is 1.61. The summed E-state index contributed by atoms with van der Waals surface area (Å²) < 4.78 is 6.79. The Kier molecular flexibility index (Phi) is 5.01. The Morgan fingerprint density at radius 1 is 1.00 bits per heavy atom. The van der Waals surface area contributed by atoms with E-state index in [2.05, 4.69) is 33.2 Å². The first kappa shape index (κ1) is 18.4. The second kappa shape index (κ2) is 7.60. The number of aliphatic imine (C=N–C) groups is 1. The summed E-state index contributed by atoms with van der Waals surface area (Å²) in [5.74, 6) is 1.33. The number of amides is 1. The smallest absolute Gasteiger partial charge is 0.275 e. The highest BCUT2D eigenvalue weighted by molar-refractivity contribution is 9.10. The molecule has 1 aliphatic heterocycles. The first-order chi connectivity index (χ1) is 13.5. The quantitative estimate of drug-likeness (QED) is 0.532. The van der Waals surface area contributed by atoms with Gasteiger partial charge < -0.3 is 10.1 Å². The van der Waals surface area contributed by atoms with Gasteiger partial charge in [0.1, 0.15) is 17.2 Å². The number of carbonyl (C=O) groups excluding carboxylic acids is 1. The molecule has 4 rings (SSSR count). The van der Waals surface area contributed by atoms with E-state index in [9.17, 15) is 4.79 Å². The zero-order chi connectivity index (χ0) is 19.7. The van der Waals surface area contributed by atoms with Crippen LogP contribution in [0.2, 0.25) is 0 Å². The van der Waals surface area contributed by atoms with Gasteiger partial charge in [-0.2, -0.15) is 0 Å². The normalized spacial score (nSPS) is 14.1. The summed E-state index contributed by atoms with van der Waals surface area (Å²) >= 11 is 3.52. The molecule has 1 amide bonds. The van der Waals surface area contributed by atoms with E-state index in [4.69, 9.17) is 4.74 Å². The van der Waals surface area contributed by atoms with Gasteiger partial charge in [0.25, 0.3) is 5.91 Å². The van der Waals surface area contributed by atoms with Crippen molar-refractivity contribution >= 4 is 38.9 Å². The molecule has 3 aromatic carbocycles. The highest BCUT2D eigenvalue weighted by atomic mass is 79.9. The van der Waals surface area contributed by atoms with Gasteiger partial charge >= 0.3 is 0 Å². The van der Waals surface area contributed by atoms with Gasteiger partial charge in [-0.25, -0.2) is 4.99 Å². The lowest BCUT2D eigenvalue weighted by Gasteiger charge is -2.07. The van der Waals surface area contributed by atoms with Crippen LogP contribution in [0.15, 0.2) is 70.1 Å². The molecule has 3 aromatic rings. The fourth-order valence-corrected chi connectivity index (χ4v) is 3.65. The molecule has 0 saturated heterocycles. The molecule has 4 nitrogen and oxygen atoms in total. The van der Waals surface area contributed by atoms with Crippen molar-refractivity contribution in [1.82, 2.24) is 0 Å². The number of anilines is 1. The monoisotopic (exact) mass is 434 g/mol. The van der Waals surface area contributed by atoms with Crippen molar-refractivity contribution in [2.75, 3.05) is 5.32 Å². The van der Waals surface area contributed by atoms with Gasteiger partial charge in [0, 0.05) is 10.0 Å². The first-order valence-corrected chi connectivity index (χ1v) is 9.90. The lowest BCUT2D eigenvalue weighted by molar-refractivity contribution is -0.110. The number of benzene rings is 3. The molecule has 0 fully saturated rings.